The van der Waals surface area contributed by atoms with Crippen molar-refractivity contribution in [2.75, 3.05) is 27.2 Å². The molecule has 0 spiro atoms. The number of rotatable bonds is 4. The number of hydrogen-bond acceptors (Lipinski definition) is 3. The van der Waals surface area contributed by atoms with Gasteiger partial charge in [-0.1, -0.05) is 6.42 Å². The molecule has 0 amide bonds. The van der Waals surface area contributed by atoms with Crippen molar-refractivity contribution in [2.24, 2.45) is 7.05 Å². The van der Waals surface area contributed by atoms with Crippen LogP contribution in [0.5, 0.6) is 0 Å². The summed E-state index contributed by atoms with van der Waals surface area (Å²) in [5.41, 5.74) is 2.43. The van der Waals surface area contributed by atoms with Crippen molar-refractivity contribution in [2.45, 2.75) is 45.7 Å². The Kier molecular flexibility index (Phi) is 4.63. The zero-order valence-corrected chi connectivity index (χ0v) is 13.1. The van der Waals surface area contributed by atoms with Gasteiger partial charge in [-0.25, -0.2) is 4.98 Å². The second-order valence-electron chi connectivity index (χ2n) is 6.08. The van der Waals surface area contributed by atoms with Gasteiger partial charge in [0.05, 0.1) is 12.2 Å². The van der Waals surface area contributed by atoms with E-state index in [1.54, 1.807) is 0 Å². The summed E-state index contributed by atoms with van der Waals surface area (Å²) >= 11 is 0. The number of likely N-dealkylation sites (tertiary alicyclic amines) is 1. The highest BCUT2D eigenvalue weighted by Crippen LogP contribution is 2.17. The fourth-order valence-electron chi connectivity index (χ4n) is 2.97. The largest absolute Gasteiger partial charge is 0.334 e. The van der Waals surface area contributed by atoms with Gasteiger partial charge in [-0.2, -0.15) is 0 Å². The number of nitrogens with zero attached hydrogens (tertiary/aromatic N) is 4. The van der Waals surface area contributed by atoms with E-state index in [-0.39, 0.29) is 0 Å². The van der Waals surface area contributed by atoms with Gasteiger partial charge in [-0.3, -0.25) is 4.90 Å². The van der Waals surface area contributed by atoms with Crippen LogP contribution >= 0.6 is 0 Å². The fourth-order valence-corrected chi connectivity index (χ4v) is 2.97. The van der Waals surface area contributed by atoms with E-state index >= 15 is 0 Å². The standard InChI is InChI=1S/C15H28N4/c1-12-13(2)19(5)15(16-12)11-17(3)10-14-8-6-7-9-18(14)4/h14H,6-11H2,1-5H3. The lowest BCUT2D eigenvalue weighted by atomic mass is 10.0. The molecule has 2 heterocycles. The van der Waals surface area contributed by atoms with E-state index in [0.717, 1.165) is 18.8 Å². The summed E-state index contributed by atoms with van der Waals surface area (Å²) < 4.78 is 2.22. The van der Waals surface area contributed by atoms with Crippen LogP contribution in [0.2, 0.25) is 0 Å². The van der Waals surface area contributed by atoms with Crippen molar-refractivity contribution < 1.29 is 0 Å². The molecule has 1 aliphatic rings. The summed E-state index contributed by atoms with van der Waals surface area (Å²) in [6, 6.07) is 0.709. The lowest BCUT2D eigenvalue weighted by Crippen LogP contribution is -2.43. The Morgan fingerprint density at radius 2 is 2.00 bits per heavy atom. The molecule has 2 rings (SSSR count). The second-order valence-corrected chi connectivity index (χ2v) is 6.08. The van der Waals surface area contributed by atoms with Gasteiger partial charge in [-0.15, -0.1) is 0 Å². The molecule has 0 N–H and O–H groups in total. The Morgan fingerprint density at radius 1 is 1.26 bits per heavy atom. The number of piperidine rings is 1. The predicted molar refractivity (Wildman–Crippen MR) is 79.3 cm³/mol. The molecule has 0 bridgehead atoms. The van der Waals surface area contributed by atoms with E-state index in [4.69, 9.17) is 0 Å². The topological polar surface area (TPSA) is 24.3 Å². The fraction of sp³-hybridized carbons (Fsp3) is 0.800. The van der Waals surface area contributed by atoms with E-state index in [9.17, 15) is 0 Å². The molecule has 1 unspecified atom stereocenters. The molecule has 1 fully saturated rings. The quantitative estimate of drug-likeness (QED) is 0.831. The number of hydrogen-bond donors (Lipinski definition) is 0. The molecule has 1 aromatic rings. The van der Waals surface area contributed by atoms with Gasteiger partial charge in [-0.05, 0) is 47.3 Å². The third-order valence-corrected chi connectivity index (χ3v) is 4.57. The van der Waals surface area contributed by atoms with E-state index in [2.05, 4.69) is 54.3 Å². The van der Waals surface area contributed by atoms with Crippen molar-refractivity contribution in [3.63, 3.8) is 0 Å². The normalized spacial score (nSPS) is 21.3. The first-order valence-corrected chi connectivity index (χ1v) is 7.36. The van der Waals surface area contributed by atoms with Crippen LogP contribution in [-0.4, -0.2) is 52.6 Å². The number of aromatic nitrogens is 2. The lowest BCUT2D eigenvalue weighted by Gasteiger charge is -2.35. The number of imidazole rings is 1. The maximum absolute atomic E-state index is 4.67. The van der Waals surface area contributed by atoms with E-state index < -0.39 is 0 Å². The van der Waals surface area contributed by atoms with Gasteiger partial charge in [0.1, 0.15) is 5.82 Å². The first-order valence-electron chi connectivity index (χ1n) is 7.36. The highest BCUT2D eigenvalue weighted by molar-refractivity contribution is 5.13. The summed E-state index contributed by atoms with van der Waals surface area (Å²) in [5.74, 6) is 1.18. The molecule has 1 atom stereocenters. The molecule has 0 aliphatic carbocycles. The molecule has 0 aromatic carbocycles. The third kappa shape index (κ3) is 3.37. The molecule has 1 aliphatic heterocycles. The molecule has 1 saturated heterocycles. The molecule has 0 saturated carbocycles. The number of aryl methyl sites for hydroxylation is 1. The molecule has 4 heteroatoms. The minimum Gasteiger partial charge on any atom is -0.334 e. The van der Waals surface area contributed by atoms with E-state index in [0.29, 0.717) is 6.04 Å². The Morgan fingerprint density at radius 3 is 2.58 bits per heavy atom. The minimum atomic E-state index is 0.709. The summed E-state index contributed by atoms with van der Waals surface area (Å²) in [7, 11) is 6.58. The monoisotopic (exact) mass is 264 g/mol. The van der Waals surface area contributed by atoms with Crippen LogP contribution in [0, 0.1) is 13.8 Å². The van der Waals surface area contributed by atoms with Crippen molar-refractivity contribution >= 4 is 0 Å². The van der Waals surface area contributed by atoms with Gasteiger partial charge in [0.15, 0.2) is 0 Å². The van der Waals surface area contributed by atoms with Gasteiger partial charge < -0.3 is 9.47 Å². The van der Waals surface area contributed by atoms with E-state index in [1.807, 2.05) is 0 Å². The Hall–Kier alpha value is -0.870. The van der Waals surface area contributed by atoms with Crippen molar-refractivity contribution in [3.05, 3.63) is 17.2 Å². The van der Waals surface area contributed by atoms with Crippen molar-refractivity contribution in [1.29, 1.82) is 0 Å². The highest BCUT2D eigenvalue weighted by atomic mass is 15.2. The minimum absolute atomic E-state index is 0.709. The molecular weight excluding hydrogens is 236 g/mol. The SMILES string of the molecule is Cc1nc(CN(C)CC2CCCCN2C)n(C)c1C. The predicted octanol–water partition coefficient (Wildman–Crippen LogP) is 1.95. The van der Waals surface area contributed by atoms with Crippen molar-refractivity contribution in [3.8, 4) is 0 Å². The molecule has 4 nitrogen and oxygen atoms in total. The van der Waals surface area contributed by atoms with E-state index in [1.165, 1.54) is 37.3 Å². The van der Waals surface area contributed by atoms with Gasteiger partial charge >= 0.3 is 0 Å². The number of likely N-dealkylation sites (N-methyl/N-ethyl adjacent to an activating group) is 2. The second kappa shape index (κ2) is 6.06. The zero-order valence-electron chi connectivity index (χ0n) is 13.1. The smallest absolute Gasteiger partial charge is 0.123 e. The van der Waals surface area contributed by atoms with Crippen molar-refractivity contribution in [1.82, 2.24) is 19.4 Å². The van der Waals surface area contributed by atoms with Crippen LogP contribution in [0.15, 0.2) is 0 Å². The first-order chi connectivity index (χ1) is 8.99. The average molecular weight is 264 g/mol. The lowest BCUT2D eigenvalue weighted by molar-refractivity contribution is 0.137. The zero-order chi connectivity index (χ0) is 14.0. The average Bonchev–Trinajstić information content (AvgIpc) is 2.60. The molecule has 108 valence electrons. The van der Waals surface area contributed by atoms with Crippen LogP contribution in [-0.2, 0) is 13.6 Å². The van der Waals surface area contributed by atoms with Gasteiger partial charge in [0.25, 0.3) is 0 Å². The molecule has 19 heavy (non-hydrogen) atoms. The van der Waals surface area contributed by atoms with Crippen LogP contribution in [0.3, 0.4) is 0 Å². The first kappa shape index (κ1) is 14.5. The summed E-state index contributed by atoms with van der Waals surface area (Å²) in [4.78, 5) is 9.59. The van der Waals surface area contributed by atoms with Crippen LogP contribution in [0.4, 0.5) is 0 Å². The third-order valence-electron chi connectivity index (χ3n) is 4.57. The van der Waals surface area contributed by atoms with Crippen LogP contribution in [0.25, 0.3) is 0 Å². The molecule has 1 aromatic heterocycles. The Labute approximate surface area is 117 Å². The van der Waals surface area contributed by atoms with Gasteiger partial charge in [0.2, 0.25) is 0 Å². The summed E-state index contributed by atoms with van der Waals surface area (Å²) in [5, 5.41) is 0. The Balaban J connectivity index is 1.93. The van der Waals surface area contributed by atoms with Crippen LogP contribution < -0.4 is 0 Å². The summed E-state index contributed by atoms with van der Waals surface area (Å²) in [6.07, 6.45) is 4.07. The maximum atomic E-state index is 4.67. The molecular formula is C15H28N4. The van der Waals surface area contributed by atoms with Gasteiger partial charge in [0, 0.05) is 25.3 Å². The van der Waals surface area contributed by atoms with Crippen LogP contribution in [0.1, 0.15) is 36.5 Å². The maximum Gasteiger partial charge on any atom is 0.123 e. The summed E-state index contributed by atoms with van der Waals surface area (Å²) in [6.45, 7) is 7.56. The highest BCUT2D eigenvalue weighted by Gasteiger charge is 2.21. The Bertz CT molecular complexity index is 424. The molecule has 0 radical (unpaired) electrons.